The Bertz CT molecular complexity index is 380. The van der Waals surface area contributed by atoms with E-state index in [1.54, 1.807) is 0 Å². The number of likely N-dealkylation sites (N-methyl/N-ethyl adjacent to an activating group) is 1. The van der Waals surface area contributed by atoms with Crippen LogP contribution in [0.25, 0.3) is 0 Å². The lowest BCUT2D eigenvalue weighted by molar-refractivity contribution is 0.216. The summed E-state index contributed by atoms with van der Waals surface area (Å²) in [4.78, 5) is 2.12. The SMILES string of the molecule is CNCc1cc(Br)ccc1N(C)C(C)(C)CO. The summed E-state index contributed by atoms with van der Waals surface area (Å²) in [5.74, 6) is 0. The third kappa shape index (κ3) is 3.44. The Hall–Kier alpha value is -0.580. The molecule has 0 unspecified atom stereocenters. The zero-order valence-electron chi connectivity index (χ0n) is 10.9. The predicted octanol–water partition coefficient (Wildman–Crippen LogP) is 2.38. The Labute approximate surface area is 112 Å². The molecule has 0 amide bonds. The van der Waals surface area contributed by atoms with E-state index < -0.39 is 0 Å². The van der Waals surface area contributed by atoms with Crippen LogP contribution in [-0.4, -0.2) is 31.3 Å². The second kappa shape index (κ2) is 5.85. The summed E-state index contributed by atoms with van der Waals surface area (Å²) in [5.41, 5.74) is 2.09. The summed E-state index contributed by atoms with van der Waals surface area (Å²) in [6.45, 7) is 4.98. The van der Waals surface area contributed by atoms with Gasteiger partial charge >= 0.3 is 0 Å². The van der Waals surface area contributed by atoms with Crippen LogP contribution in [0.2, 0.25) is 0 Å². The molecule has 0 saturated carbocycles. The van der Waals surface area contributed by atoms with E-state index in [1.807, 2.05) is 34.0 Å². The van der Waals surface area contributed by atoms with Crippen LogP contribution in [0, 0.1) is 0 Å². The Morgan fingerprint density at radius 1 is 1.41 bits per heavy atom. The molecule has 0 aromatic heterocycles. The normalized spacial score (nSPS) is 11.6. The molecule has 0 aliphatic heterocycles. The van der Waals surface area contributed by atoms with Gasteiger partial charge in [-0.25, -0.2) is 0 Å². The van der Waals surface area contributed by atoms with Crippen LogP contribution in [0.5, 0.6) is 0 Å². The quantitative estimate of drug-likeness (QED) is 0.876. The molecule has 1 rings (SSSR count). The van der Waals surface area contributed by atoms with Crippen molar-refractivity contribution in [2.45, 2.75) is 25.9 Å². The first kappa shape index (κ1) is 14.5. The highest BCUT2D eigenvalue weighted by Gasteiger charge is 2.24. The van der Waals surface area contributed by atoms with Gasteiger partial charge in [-0.3, -0.25) is 0 Å². The molecule has 0 saturated heterocycles. The first-order chi connectivity index (χ1) is 7.92. The van der Waals surface area contributed by atoms with Gasteiger partial charge in [-0.15, -0.1) is 0 Å². The van der Waals surface area contributed by atoms with Crippen molar-refractivity contribution in [3.05, 3.63) is 28.2 Å². The zero-order chi connectivity index (χ0) is 13.1. The lowest BCUT2D eigenvalue weighted by Crippen LogP contribution is -2.45. The van der Waals surface area contributed by atoms with Gasteiger partial charge in [0.25, 0.3) is 0 Å². The molecule has 1 aromatic carbocycles. The average Bonchev–Trinajstić information content (AvgIpc) is 2.29. The molecular weight excluding hydrogens is 280 g/mol. The monoisotopic (exact) mass is 300 g/mol. The predicted molar refractivity (Wildman–Crippen MR) is 76.5 cm³/mol. The molecule has 0 fully saturated rings. The van der Waals surface area contributed by atoms with Crippen LogP contribution in [0.3, 0.4) is 0 Å². The number of nitrogens with zero attached hydrogens (tertiary/aromatic N) is 1. The van der Waals surface area contributed by atoms with Gasteiger partial charge in [-0.2, -0.15) is 0 Å². The van der Waals surface area contributed by atoms with Crippen LogP contribution in [0.15, 0.2) is 22.7 Å². The first-order valence-electron chi connectivity index (χ1n) is 5.70. The van der Waals surface area contributed by atoms with E-state index in [4.69, 9.17) is 0 Å². The van der Waals surface area contributed by atoms with E-state index in [9.17, 15) is 5.11 Å². The van der Waals surface area contributed by atoms with E-state index in [2.05, 4.69) is 38.3 Å². The summed E-state index contributed by atoms with van der Waals surface area (Å²) >= 11 is 3.49. The number of rotatable bonds is 5. The Balaban J connectivity index is 3.12. The maximum absolute atomic E-state index is 9.43. The summed E-state index contributed by atoms with van der Waals surface area (Å²) in [7, 11) is 3.94. The largest absolute Gasteiger partial charge is 0.394 e. The molecule has 0 radical (unpaired) electrons. The van der Waals surface area contributed by atoms with E-state index in [1.165, 1.54) is 5.56 Å². The number of aliphatic hydroxyl groups excluding tert-OH is 1. The fourth-order valence-corrected chi connectivity index (χ4v) is 2.05. The molecule has 0 spiro atoms. The highest BCUT2D eigenvalue weighted by molar-refractivity contribution is 9.10. The van der Waals surface area contributed by atoms with Gasteiger partial charge in [0.15, 0.2) is 0 Å². The van der Waals surface area contributed by atoms with Crippen molar-refractivity contribution < 1.29 is 5.11 Å². The van der Waals surface area contributed by atoms with Crippen molar-refractivity contribution in [2.24, 2.45) is 0 Å². The second-order valence-electron chi connectivity index (χ2n) is 4.83. The van der Waals surface area contributed by atoms with Crippen molar-refractivity contribution in [3.63, 3.8) is 0 Å². The molecule has 4 heteroatoms. The third-order valence-corrected chi connectivity index (χ3v) is 3.56. The van der Waals surface area contributed by atoms with E-state index in [-0.39, 0.29) is 12.1 Å². The number of nitrogens with one attached hydrogen (secondary N) is 1. The minimum absolute atomic E-state index is 0.124. The topological polar surface area (TPSA) is 35.5 Å². The van der Waals surface area contributed by atoms with Crippen LogP contribution >= 0.6 is 15.9 Å². The fraction of sp³-hybridized carbons (Fsp3) is 0.538. The van der Waals surface area contributed by atoms with Gasteiger partial charge in [0.1, 0.15) is 0 Å². The third-order valence-electron chi connectivity index (χ3n) is 3.07. The lowest BCUT2D eigenvalue weighted by Gasteiger charge is -2.37. The maximum Gasteiger partial charge on any atom is 0.0658 e. The van der Waals surface area contributed by atoms with Gasteiger partial charge < -0.3 is 15.3 Å². The van der Waals surface area contributed by atoms with Crippen molar-refractivity contribution >= 4 is 21.6 Å². The number of benzene rings is 1. The lowest BCUT2D eigenvalue weighted by atomic mass is 10.0. The standard InChI is InChI=1S/C13H21BrN2O/c1-13(2,9-17)16(4)12-6-5-11(14)7-10(12)8-15-3/h5-7,15,17H,8-9H2,1-4H3. The molecule has 0 bridgehead atoms. The van der Waals surface area contributed by atoms with Crippen LogP contribution in [0.4, 0.5) is 5.69 Å². The number of anilines is 1. The van der Waals surface area contributed by atoms with Gasteiger partial charge in [-0.1, -0.05) is 15.9 Å². The number of aliphatic hydroxyl groups is 1. The van der Waals surface area contributed by atoms with E-state index >= 15 is 0 Å². The van der Waals surface area contributed by atoms with E-state index in [0.29, 0.717) is 0 Å². The minimum atomic E-state index is -0.268. The Morgan fingerprint density at radius 3 is 2.59 bits per heavy atom. The van der Waals surface area contributed by atoms with Crippen molar-refractivity contribution in [1.82, 2.24) is 5.32 Å². The number of hydrogen-bond acceptors (Lipinski definition) is 3. The Morgan fingerprint density at radius 2 is 2.06 bits per heavy atom. The fourth-order valence-electron chi connectivity index (χ4n) is 1.65. The van der Waals surface area contributed by atoms with Gasteiger partial charge in [-0.05, 0) is 44.7 Å². The molecule has 0 heterocycles. The van der Waals surface area contributed by atoms with Crippen LogP contribution < -0.4 is 10.2 Å². The number of halogens is 1. The van der Waals surface area contributed by atoms with Crippen molar-refractivity contribution in [3.8, 4) is 0 Å². The zero-order valence-corrected chi connectivity index (χ0v) is 12.5. The molecule has 0 aliphatic rings. The molecule has 2 N–H and O–H groups in total. The minimum Gasteiger partial charge on any atom is -0.394 e. The highest BCUT2D eigenvalue weighted by Crippen LogP contribution is 2.28. The summed E-state index contributed by atoms with van der Waals surface area (Å²) in [5, 5.41) is 12.6. The molecular formula is C13H21BrN2O. The first-order valence-corrected chi connectivity index (χ1v) is 6.49. The maximum atomic E-state index is 9.43. The Kier molecular flexibility index (Phi) is 4.98. The van der Waals surface area contributed by atoms with Gasteiger partial charge in [0, 0.05) is 23.8 Å². The molecule has 0 aliphatic carbocycles. The van der Waals surface area contributed by atoms with Gasteiger partial charge in [0.2, 0.25) is 0 Å². The highest BCUT2D eigenvalue weighted by atomic mass is 79.9. The van der Waals surface area contributed by atoms with Crippen molar-refractivity contribution in [1.29, 1.82) is 0 Å². The molecule has 17 heavy (non-hydrogen) atoms. The smallest absolute Gasteiger partial charge is 0.0658 e. The van der Waals surface area contributed by atoms with Gasteiger partial charge in [0.05, 0.1) is 12.1 Å². The second-order valence-corrected chi connectivity index (χ2v) is 5.75. The summed E-state index contributed by atoms with van der Waals surface area (Å²) < 4.78 is 1.07. The van der Waals surface area contributed by atoms with Crippen LogP contribution in [0.1, 0.15) is 19.4 Å². The van der Waals surface area contributed by atoms with Crippen LogP contribution in [-0.2, 0) is 6.54 Å². The molecule has 1 aromatic rings. The van der Waals surface area contributed by atoms with E-state index in [0.717, 1.165) is 16.7 Å². The molecule has 96 valence electrons. The molecule has 3 nitrogen and oxygen atoms in total. The van der Waals surface area contributed by atoms with Crippen molar-refractivity contribution in [2.75, 3.05) is 25.6 Å². The summed E-state index contributed by atoms with van der Waals surface area (Å²) in [6, 6.07) is 6.21. The molecule has 0 atom stereocenters. The number of hydrogen-bond donors (Lipinski definition) is 2. The summed E-state index contributed by atoms with van der Waals surface area (Å²) in [6.07, 6.45) is 0. The average molecular weight is 301 g/mol.